The van der Waals surface area contributed by atoms with Crippen LogP contribution >= 0.6 is 0 Å². The second-order valence-corrected chi connectivity index (χ2v) is 2.26. The number of hydrogen-bond acceptors (Lipinski definition) is 0. The fourth-order valence-electron chi connectivity index (χ4n) is 0.840. The van der Waals surface area contributed by atoms with E-state index < -0.39 is 23.6 Å². The predicted molar refractivity (Wildman–Crippen MR) is 30.8 cm³/mol. The van der Waals surface area contributed by atoms with Gasteiger partial charge in [-0.05, 0) is 6.07 Å². The molecule has 1 rings (SSSR count). The first-order valence-corrected chi connectivity index (χ1v) is 3.04. The van der Waals surface area contributed by atoms with Gasteiger partial charge in [0.2, 0.25) is 0 Å². The quantitative estimate of drug-likeness (QED) is 0.623. The predicted octanol–water partition coefficient (Wildman–Crippen LogP) is 3.05. The standard InChI is InChI=1S/C6H3F6N/c7-5(8,9)3-1-2-13-4(3)6(10,11)12/h1-2,13H. The Hall–Kier alpha value is -1.14. The Morgan fingerprint density at radius 1 is 0.923 bits per heavy atom. The van der Waals surface area contributed by atoms with Gasteiger partial charge in [-0.25, -0.2) is 0 Å². The number of aromatic nitrogens is 1. The summed E-state index contributed by atoms with van der Waals surface area (Å²) in [5.74, 6) is 0. The van der Waals surface area contributed by atoms with Crippen LogP contribution in [-0.4, -0.2) is 4.98 Å². The molecular formula is C6H3F6N. The number of rotatable bonds is 0. The van der Waals surface area contributed by atoms with Crippen LogP contribution in [0.3, 0.4) is 0 Å². The molecule has 1 nitrogen and oxygen atoms in total. The first-order valence-electron chi connectivity index (χ1n) is 3.04. The average molecular weight is 203 g/mol. The molecule has 0 saturated heterocycles. The number of aromatic amines is 1. The van der Waals surface area contributed by atoms with Crippen molar-refractivity contribution in [1.82, 2.24) is 4.98 Å². The fourth-order valence-corrected chi connectivity index (χ4v) is 0.840. The fraction of sp³-hybridized carbons (Fsp3) is 0.333. The van der Waals surface area contributed by atoms with Gasteiger partial charge in [-0.1, -0.05) is 0 Å². The zero-order valence-electron chi connectivity index (χ0n) is 5.92. The number of H-pyrrole nitrogens is 1. The SMILES string of the molecule is FC(F)(F)c1cc[nH]c1C(F)(F)F. The second kappa shape index (κ2) is 2.68. The van der Waals surface area contributed by atoms with Crippen LogP contribution in [0, 0.1) is 0 Å². The van der Waals surface area contributed by atoms with E-state index in [1.165, 1.54) is 4.98 Å². The lowest BCUT2D eigenvalue weighted by molar-refractivity contribution is -0.163. The molecule has 0 radical (unpaired) electrons. The summed E-state index contributed by atoms with van der Waals surface area (Å²) in [5.41, 5.74) is -3.46. The molecule has 0 spiro atoms. The summed E-state index contributed by atoms with van der Waals surface area (Å²) >= 11 is 0. The molecule has 0 aliphatic carbocycles. The van der Waals surface area contributed by atoms with E-state index in [1.807, 2.05) is 0 Å². The third kappa shape index (κ3) is 1.96. The minimum Gasteiger partial charge on any atom is -0.357 e. The van der Waals surface area contributed by atoms with Gasteiger partial charge >= 0.3 is 12.4 Å². The van der Waals surface area contributed by atoms with Crippen LogP contribution in [0.5, 0.6) is 0 Å². The lowest BCUT2D eigenvalue weighted by Gasteiger charge is -2.09. The monoisotopic (exact) mass is 203 g/mol. The maximum absolute atomic E-state index is 11.9. The van der Waals surface area contributed by atoms with E-state index in [9.17, 15) is 26.3 Å². The highest BCUT2D eigenvalue weighted by Crippen LogP contribution is 2.39. The largest absolute Gasteiger partial charge is 0.431 e. The summed E-state index contributed by atoms with van der Waals surface area (Å²) in [6, 6.07) is 0.350. The van der Waals surface area contributed by atoms with Gasteiger partial charge in [0, 0.05) is 6.20 Å². The highest BCUT2D eigenvalue weighted by atomic mass is 19.4. The highest BCUT2D eigenvalue weighted by Gasteiger charge is 2.44. The zero-order valence-corrected chi connectivity index (χ0v) is 5.92. The summed E-state index contributed by atoms with van der Waals surface area (Å²) in [6.07, 6.45) is -9.38. The number of nitrogens with one attached hydrogen (secondary N) is 1. The van der Waals surface area contributed by atoms with Crippen molar-refractivity contribution in [3.63, 3.8) is 0 Å². The summed E-state index contributed by atoms with van der Waals surface area (Å²) in [5, 5.41) is 0. The normalized spacial score (nSPS) is 13.4. The van der Waals surface area contributed by atoms with Crippen molar-refractivity contribution in [2.24, 2.45) is 0 Å². The summed E-state index contributed by atoms with van der Waals surface area (Å²) in [6.45, 7) is 0. The van der Waals surface area contributed by atoms with E-state index in [1.54, 1.807) is 0 Å². The van der Waals surface area contributed by atoms with E-state index in [2.05, 4.69) is 0 Å². The molecule has 1 aromatic heterocycles. The molecule has 1 heterocycles. The van der Waals surface area contributed by atoms with Crippen LogP contribution in [-0.2, 0) is 12.4 Å². The Morgan fingerprint density at radius 3 is 1.77 bits per heavy atom. The molecule has 1 N–H and O–H groups in total. The van der Waals surface area contributed by atoms with E-state index in [0.29, 0.717) is 12.3 Å². The van der Waals surface area contributed by atoms with Gasteiger partial charge in [0.15, 0.2) is 0 Å². The van der Waals surface area contributed by atoms with E-state index in [0.717, 1.165) is 0 Å². The number of alkyl halides is 6. The maximum atomic E-state index is 11.9. The van der Waals surface area contributed by atoms with Gasteiger partial charge in [-0.2, -0.15) is 26.3 Å². The molecule has 0 atom stereocenters. The minimum atomic E-state index is -5.01. The van der Waals surface area contributed by atoms with Crippen LogP contribution in [0.4, 0.5) is 26.3 Å². The van der Waals surface area contributed by atoms with Gasteiger partial charge in [0.25, 0.3) is 0 Å². The van der Waals surface area contributed by atoms with E-state index in [4.69, 9.17) is 0 Å². The molecule has 13 heavy (non-hydrogen) atoms. The Balaban J connectivity index is 3.19. The molecule has 0 aliphatic rings. The van der Waals surface area contributed by atoms with Crippen LogP contribution in [0.1, 0.15) is 11.3 Å². The van der Waals surface area contributed by atoms with Gasteiger partial charge in [0.05, 0.1) is 5.56 Å². The maximum Gasteiger partial charge on any atom is 0.431 e. The smallest absolute Gasteiger partial charge is 0.357 e. The number of halogens is 6. The van der Waals surface area contributed by atoms with Crippen molar-refractivity contribution >= 4 is 0 Å². The molecule has 0 fully saturated rings. The summed E-state index contributed by atoms with van der Waals surface area (Å²) in [4.78, 5) is 1.51. The molecule has 74 valence electrons. The number of hydrogen-bond donors (Lipinski definition) is 1. The Morgan fingerprint density at radius 2 is 1.46 bits per heavy atom. The van der Waals surface area contributed by atoms with Crippen molar-refractivity contribution in [3.8, 4) is 0 Å². The molecule has 0 bridgehead atoms. The average Bonchev–Trinajstić information content (AvgIpc) is 2.27. The zero-order chi connectivity index (χ0) is 10.3. The van der Waals surface area contributed by atoms with Crippen LogP contribution in [0.25, 0.3) is 0 Å². The van der Waals surface area contributed by atoms with Crippen molar-refractivity contribution in [1.29, 1.82) is 0 Å². The Bertz CT molecular complexity index is 264. The minimum absolute atomic E-state index is 0.350. The van der Waals surface area contributed by atoms with Crippen LogP contribution < -0.4 is 0 Å². The highest BCUT2D eigenvalue weighted by molar-refractivity contribution is 5.25. The van der Waals surface area contributed by atoms with Gasteiger partial charge < -0.3 is 4.98 Å². The topological polar surface area (TPSA) is 15.8 Å². The van der Waals surface area contributed by atoms with Gasteiger partial charge in [-0.3, -0.25) is 0 Å². The van der Waals surface area contributed by atoms with E-state index >= 15 is 0 Å². The molecule has 0 saturated carbocycles. The molecule has 0 aromatic carbocycles. The first-order chi connectivity index (χ1) is 5.73. The van der Waals surface area contributed by atoms with Gasteiger partial charge in [0.1, 0.15) is 5.69 Å². The third-order valence-electron chi connectivity index (χ3n) is 1.34. The molecular weight excluding hydrogens is 200 g/mol. The summed E-state index contributed by atoms with van der Waals surface area (Å²) in [7, 11) is 0. The third-order valence-corrected chi connectivity index (χ3v) is 1.34. The first kappa shape index (κ1) is 9.94. The lowest BCUT2D eigenvalue weighted by atomic mass is 10.2. The summed E-state index contributed by atoms with van der Waals surface area (Å²) < 4.78 is 71.3. The second-order valence-electron chi connectivity index (χ2n) is 2.26. The Kier molecular flexibility index (Phi) is 2.05. The molecule has 0 unspecified atom stereocenters. The van der Waals surface area contributed by atoms with E-state index in [-0.39, 0.29) is 0 Å². The molecule has 0 amide bonds. The van der Waals surface area contributed by atoms with Crippen LogP contribution in [0.2, 0.25) is 0 Å². The van der Waals surface area contributed by atoms with Crippen molar-refractivity contribution in [2.45, 2.75) is 12.4 Å². The van der Waals surface area contributed by atoms with Crippen LogP contribution in [0.15, 0.2) is 12.3 Å². The lowest BCUT2D eigenvalue weighted by Crippen LogP contribution is -2.15. The van der Waals surface area contributed by atoms with Gasteiger partial charge in [-0.15, -0.1) is 0 Å². The van der Waals surface area contributed by atoms with Crippen molar-refractivity contribution in [2.75, 3.05) is 0 Å². The van der Waals surface area contributed by atoms with Crippen molar-refractivity contribution in [3.05, 3.63) is 23.5 Å². The Labute approximate surface area is 68.4 Å². The molecule has 0 aliphatic heterocycles. The molecule has 1 aromatic rings. The molecule has 7 heteroatoms. The van der Waals surface area contributed by atoms with Crippen molar-refractivity contribution < 1.29 is 26.3 Å².